The first-order chi connectivity index (χ1) is 33.2. The van der Waals surface area contributed by atoms with Gasteiger partial charge in [0.15, 0.2) is 0 Å². The van der Waals surface area contributed by atoms with Crippen LogP contribution in [0.1, 0.15) is 73.9 Å². The normalized spacial score (nSPS) is 15.0. The van der Waals surface area contributed by atoms with Gasteiger partial charge in [0, 0.05) is 16.9 Å². The van der Waals surface area contributed by atoms with Gasteiger partial charge >= 0.3 is 0 Å². The molecule has 68 heavy (non-hydrogen) atoms. The van der Waals surface area contributed by atoms with Crippen molar-refractivity contribution in [3.05, 3.63) is 270 Å². The maximum atomic E-state index is 2.58. The summed E-state index contributed by atoms with van der Waals surface area (Å²) in [5.41, 5.74) is 20.8. The molecule has 2 aliphatic carbocycles. The van der Waals surface area contributed by atoms with Crippen LogP contribution in [0.2, 0.25) is 0 Å². The van der Waals surface area contributed by atoms with Crippen molar-refractivity contribution in [2.24, 2.45) is 0 Å². The Kier molecular flexibility index (Phi) is 9.96. The second-order valence-corrected chi connectivity index (χ2v) is 20.3. The summed E-state index contributed by atoms with van der Waals surface area (Å²) in [6.07, 6.45) is 2.28. The van der Waals surface area contributed by atoms with E-state index in [1.807, 2.05) is 0 Å². The van der Waals surface area contributed by atoms with Gasteiger partial charge in [-0.3, -0.25) is 0 Å². The smallest absolute Gasteiger partial charge is 0.0714 e. The number of rotatable bonds is 8. The molecule has 10 aromatic rings. The van der Waals surface area contributed by atoms with Crippen molar-refractivity contribution in [2.45, 2.75) is 56.8 Å². The average molecular weight is 874 g/mol. The predicted molar refractivity (Wildman–Crippen MR) is 288 cm³/mol. The molecule has 0 aliphatic heterocycles. The molecule has 1 nitrogen and oxygen atoms in total. The minimum absolute atomic E-state index is 0.0288. The highest BCUT2D eigenvalue weighted by molar-refractivity contribution is 5.99. The molecular weight excluding hydrogens is 819 g/mol. The molecule has 0 N–H and O–H groups in total. The van der Waals surface area contributed by atoms with Crippen molar-refractivity contribution < 1.29 is 0 Å². The Bertz CT molecular complexity index is 3430. The zero-order chi connectivity index (χ0) is 46.0. The Labute approximate surface area is 402 Å². The van der Waals surface area contributed by atoms with Crippen LogP contribution in [0.15, 0.2) is 237 Å². The zero-order valence-electron chi connectivity index (χ0n) is 39.4. The molecule has 328 valence electrons. The molecule has 12 rings (SSSR count). The molecule has 10 aromatic carbocycles. The minimum atomic E-state index is -0.566. The van der Waals surface area contributed by atoms with Crippen LogP contribution >= 0.6 is 0 Å². The van der Waals surface area contributed by atoms with E-state index in [0.717, 1.165) is 29.9 Å². The van der Waals surface area contributed by atoms with Gasteiger partial charge in [0.05, 0.1) is 11.1 Å². The molecule has 0 aromatic heterocycles. The summed E-state index contributed by atoms with van der Waals surface area (Å²) in [5.74, 6) is 0. The summed E-state index contributed by atoms with van der Waals surface area (Å²) in [5, 5.41) is 2.44. The van der Waals surface area contributed by atoms with Gasteiger partial charge in [0.1, 0.15) is 0 Å². The molecular formula is C67H55N. The van der Waals surface area contributed by atoms with E-state index in [2.05, 4.69) is 269 Å². The third kappa shape index (κ3) is 6.75. The third-order valence-electron chi connectivity index (χ3n) is 15.4. The maximum absolute atomic E-state index is 2.58. The number of anilines is 3. The summed E-state index contributed by atoms with van der Waals surface area (Å²) < 4.78 is 0. The molecule has 1 heteroatoms. The SMILES string of the molecule is CC1(C)CCC(C)(C)c2c(-c3cc4c(cc3N(c3ccc(-c5ccc(-c6ccccc6)cc5)cc3)c3ccc5ccccc5c3)C(c3ccccc3)(c3ccccc3)c3ccccc3-4)cccc21. The van der Waals surface area contributed by atoms with Gasteiger partial charge in [0.2, 0.25) is 0 Å². The van der Waals surface area contributed by atoms with E-state index in [9.17, 15) is 0 Å². The van der Waals surface area contributed by atoms with Gasteiger partial charge in [-0.15, -0.1) is 0 Å². The molecule has 0 unspecified atom stereocenters. The van der Waals surface area contributed by atoms with Crippen LogP contribution in [0.4, 0.5) is 17.1 Å². The Morgan fingerprint density at radius 3 is 1.49 bits per heavy atom. The molecule has 2 aliphatic rings. The average Bonchev–Trinajstić information content (AvgIpc) is 3.68. The first-order valence-electron chi connectivity index (χ1n) is 24.3. The lowest BCUT2D eigenvalue weighted by Crippen LogP contribution is -2.34. The molecule has 0 fully saturated rings. The molecule has 0 spiro atoms. The summed E-state index contributed by atoms with van der Waals surface area (Å²) in [6.45, 7) is 9.82. The van der Waals surface area contributed by atoms with Crippen LogP contribution in [-0.2, 0) is 16.2 Å². The summed E-state index contributed by atoms with van der Waals surface area (Å²) >= 11 is 0. The monoisotopic (exact) mass is 873 g/mol. The standard InChI is InChI=1S/C67H55N/c1-65(2)41-42-66(3,4)64-57(28-18-30-61(64)65)59-44-58-56-27-16-17-29-60(56)67(52-23-10-6-11-24-52,53-25-12-7-13-26-53)62(58)45-63(59)68(55-40-37-47-21-14-15-22-51(47)43-55)54-38-35-50(36-39-54)49-33-31-48(32-34-49)46-19-8-5-9-20-46/h5-40,43-45H,41-42H2,1-4H3. The van der Waals surface area contributed by atoms with Crippen LogP contribution in [0.5, 0.6) is 0 Å². The second-order valence-electron chi connectivity index (χ2n) is 20.3. The van der Waals surface area contributed by atoms with E-state index < -0.39 is 5.41 Å². The van der Waals surface area contributed by atoms with Gasteiger partial charge in [-0.2, -0.15) is 0 Å². The molecule has 0 radical (unpaired) electrons. The van der Waals surface area contributed by atoms with E-state index in [-0.39, 0.29) is 10.8 Å². The van der Waals surface area contributed by atoms with Crippen molar-refractivity contribution in [3.8, 4) is 44.5 Å². The van der Waals surface area contributed by atoms with Crippen molar-refractivity contribution in [1.82, 2.24) is 0 Å². The Morgan fingerprint density at radius 1 is 0.324 bits per heavy atom. The van der Waals surface area contributed by atoms with Crippen molar-refractivity contribution in [1.29, 1.82) is 0 Å². The Morgan fingerprint density at radius 2 is 0.824 bits per heavy atom. The van der Waals surface area contributed by atoms with Gasteiger partial charge in [-0.25, -0.2) is 0 Å². The fraction of sp³-hybridized carbons (Fsp3) is 0.134. The van der Waals surface area contributed by atoms with E-state index in [0.29, 0.717) is 0 Å². The predicted octanol–water partition coefficient (Wildman–Crippen LogP) is 18.0. The van der Waals surface area contributed by atoms with Crippen LogP contribution in [0, 0.1) is 0 Å². The largest absolute Gasteiger partial charge is 0.310 e. The lowest BCUT2D eigenvalue weighted by Gasteiger charge is -2.43. The lowest BCUT2D eigenvalue weighted by atomic mass is 9.61. The van der Waals surface area contributed by atoms with E-state index >= 15 is 0 Å². The van der Waals surface area contributed by atoms with E-state index in [1.54, 1.807) is 0 Å². The number of hydrogen-bond acceptors (Lipinski definition) is 1. The first kappa shape index (κ1) is 41.7. The van der Waals surface area contributed by atoms with Gasteiger partial charge in [-0.05, 0) is 143 Å². The Hall–Kier alpha value is -7.74. The quantitative estimate of drug-likeness (QED) is 0.147. The summed E-state index contributed by atoms with van der Waals surface area (Å²) in [7, 11) is 0. The fourth-order valence-corrected chi connectivity index (χ4v) is 11.9. The van der Waals surface area contributed by atoms with Crippen molar-refractivity contribution in [2.75, 3.05) is 4.90 Å². The van der Waals surface area contributed by atoms with Crippen LogP contribution in [0.3, 0.4) is 0 Å². The highest BCUT2D eigenvalue weighted by Crippen LogP contribution is 2.60. The van der Waals surface area contributed by atoms with Gasteiger partial charge < -0.3 is 4.90 Å². The van der Waals surface area contributed by atoms with Gasteiger partial charge in [0.25, 0.3) is 0 Å². The lowest BCUT2D eigenvalue weighted by molar-refractivity contribution is 0.333. The third-order valence-corrected chi connectivity index (χ3v) is 15.4. The second kappa shape index (κ2) is 16.2. The number of fused-ring (bicyclic) bond motifs is 5. The first-order valence-corrected chi connectivity index (χ1v) is 24.3. The number of hydrogen-bond donors (Lipinski definition) is 0. The minimum Gasteiger partial charge on any atom is -0.310 e. The topological polar surface area (TPSA) is 3.24 Å². The van der Waals surface area contributed by atoms with E-state index in [4.69, 9.17) is 0 Å². The zero-order valence-corrected chi connectivity index (χ0v) is 39.4. The van der Waals surface area contributed by atoms with Crippen LogP contribution in [0.25, 0.3) is 55.3 Å². The highest BCUT2D eigenvalue weighted by atomic mass is 15.1. The van der Waals surface area contributed by atoms with Crippen LogP contribution < -0.4 is 4.90 Å². The van der Waals surface area contributed by atoms with E-state index in [1.165, 1.54) is 88.7 Å². The van der Waals surface area contributed by atoms with Gasteiger partial charge in [-0.1, -0.05) is 228 Å². The summed E-state index contributed by atoms with van der Waals surface area (Å²) in [6, 6.07) is 88.5. The highest BCUT2D eigenvalue weighted by Gasteiger charge is 2.47. The number of nitrogens with zero attached hydrogens (tertiary/aromatic N) is 1. The maximum Gasteiger partial charge on any atom is 0.0714 e. The summed E-state index contributed by atoms with van der Waals surface area (Å²) in [4.78, 5) is 2.55. The Balaban J connectivity index is 1.16. The van der Waals surface area contributed by atoms with Crippen LogP contribution in [-0.4, -0.2) is 0 Å². The van der Waals surface area contributed by atoms with Crippen molar-refractivity contribution in [3.63, 3.8) is 0 Å². The molecule has 0 bridgehead atoms. The van der Waals surface area contributed by atoms with Crippen molar-refractivity contribution >= 4 is 27.8 Å². The fourth-order valence-electron chi connectivity index (χ4n) is 11.9. The molecule has 0 amide bonds. The molecule has 0 atom stereocenters. The molecule has 0 saturated carbocycles. The molecule has 0 saturated heterocycles. The molecule has 0 heterocycles. The number of benzene rings is 10.